The number of alkyl halides is 6. The minimum Gasteiger partial charge on any atom is -0.497 e. The van der Waals surface area contributed by atoms with Gasteiger partial charge in [0.1, 0.15) is 11.6 Å². The van der Waals surface area contributed by atoms with Crippen molar-refractivity contribution in [3.05, 3.63) is 92.1 Å². The Kier molecular flexibility index (Phi) is 10.3. The van der Waals surface area contributed by atoms with E-state index in [1.165, 1.54) is 12.1 Å². The van der Waals surface area contributed by atoms with Crippen LogP contribution in [0.5, 0.6) is 5.75 Å². The quantitative estimate of drug-likeness (QED) is 0.215. The predicted molar refractivity (Wildman–Crippen MR) is 129 cm³/mol. The normalized spacial score (nSPS) is 11.3. The number of hydrogen-bond donors (Lipinski definition) is 1. The van der Waals surface area contributed by atoms with Crippen molar-refractivity contribution < 1.29 is 45.1 Å². The van der Waals surface area contributed by atoms with Crippen LogP contribution in [0.4, 0.5) is 36.4 Å². The van der Waals surface area contributed by atoms with Crippen molar-refractivity contribution >= 4 is 49.1 Å². The molecule has 0 heterocycles. The van der Waals surface area contributed by atoms with E-state index in [0.717, 1.165) is 23.8 Å². The van der Waals surface area contributed by atoms with Gasteiger partial charge < -0.3 is 10.1 Å². The Morgan fingerprint density at radius 1 is 0.784 bits per heavy atom. The second-order valence-electron chi connectivity index (χ2n) is 7.17. The molecule has 0 aliphatic heterocycles. The zero-order valence-electron chi connectivity index (χ0n) is 18.6. The summed E-state index contributed by atoms with van der Waals surface area (Å²) in [5, 5.41) is 2.86. The molecule has 37 heavy (non-hydrogen) atoms. The van der Waals surface area contributed by atoms with Gasteiger partial charge in [-0.15, -0.1) is 0 Å². The van der Waals surface area contributed by atoms with Gasteiger partial charge in [-0.1, -0.05) is 44.0 Å². The Bertz CT molecular complexity index is 1260. The molecule has 0 saturated heterocycles. The van der Waals surface area contributed by atoms with E-state index < -0.39 is 40.9 Å². The number of carbonyl (C=O) groups excluding carboxylic acids is 2. The van der Waals surface area contributed by atoms with Gasteiger partial charge in [-0.2, -0.15) is 26.3 Å². The highest BCUT2D eigenvalue weighted by molar-refractivity contribution is 9.10. The number of ether oxygens (including phenoxy) is 1. The minimum absolute atomic E-state index is 0.131. The van der Waals surface area contributed by atoms with E-state index in [2.05, 4.69) is 37.2 Å². The number of rotatable bonds is 6. The van der Waals surface area contributed by atoms with E-state index in [-0.39, 0.29) is 16.7 Å². The maximum absolute atomic E-state index is 12.8. The fourth-order valence-electron chi connectivity index (χ4n) is 2.78. The Morgan fingerprint density at radius 3 is 1.78 bits per heavy atom. The largest absolute Gasteiger partial charge is 0.497 e. The molecule has 0 unspecified atom stereocenters. The Morgan fingerprint density at radius 2 is 1.27 bits per heavy atom. The minimum atomic E-state index is -5.05. The van der Waals surface area contributed by atoms with E-state index in [1.54, 1.807) is 37.4 Å². The fourth-order valence-corrected chi connectivity index (χ4v) is 3.50. The topological polar surface area (TPSA) is 55.4 Å². The summed E-state index contributed by atoms with van der Waals surface area (Å²) in [6.45, 7) is 0.282. The van der Waals surface area contributed by atoms with E-state index in [9.17, 15) is 40.3 Å². The molecule has 198 valence electrons. The summed E-state index contributed by atoms with van der Waals surface area (Å²) in [6.07, 6.45) is -9.97. The van der Waals surface area contributed by atoms with Crippen LogP contribution >= 0.6 is 31.9 Å². The maximum atomic E-state index is 12.8. The second-order valence-corrected chi connectivity index (χ2v) is 9.00. The van der Waals surface area contributed by atoms with Crippen molar-refractivity contribution in [2.45, 2.75) is 18.9 Å². The van der Waals surface area contributed by atoms with Gasteiger partial charge in [-0.25, -0.2) is 4.39 Å². The van der Waals surface area contributed by atoms with Gasteiger partial charge in [0.2, 0.25) is 0 Å². The van der Waals surface area contributed by atoms with Crippen molar-refractivity contribution in [1.29, 1.82) is 0 Å². The molecule has 0 aliphatic rings. The molecule has 0 fully saturated rings. The molecule has 0 saturated carbocycles. The summed E-state index contributed by atoms with van der Waals surface area (Å²) in [5.41, 5.74) is -0.419. The van der Waals surface area contributed by atoms with Crippen LogP contribution in [0, 0.1) is 5.82 Å². The first kappa shape index (κ1) is 30.3. The SMILES string of the molecule is COc1ccc(CNc2ccc(Br)cc2C(=O)C(F)(F)F)cc1.O=C(c1cc(Br)ccc1F)C(F)(F)F. The molecule has 0 atom stereocenters. The van der Waals surface area contributed by atoms with Crippen LogP contribution < -0.4 is 10.1 Å². The van der Waals surface area contributed by atoms with Gasteiger partial charge in [0.15, 0.2) is 0 Å². The summed E-state index contributed by atoms with van der Waals surface area (Å²) in [7, 11) is 1.55. The highest BCUT2D eigenvalue weighted by Crippen LogP contribution is 2.29. The van der Waals surface area contributed by atoms with Crippen LogP contribution in [-0.4, -0.2) is 31.0 Å². The lowest BCUT2D eigenvalue weighted by Gasteiger charge is -2.13. The van der Waals surface area contributed by atoms with Crippen LogP contribution in [0.3, 0.4) is 0 Å². The number of anilines is 1. The first-order valence-corrected chi connectivity index (χ1v) is 11.6. The van der Waals surface area contributed by atoms with Crippen molar-refractivity contribution in [2.75, 3.05) is 12.4 Å². The summed E-state index contributed by atoms with van der Waals surface area (Å²) in [6, 6.07) is 14.0. The van der Waals surface area contributed by atoms with Gasteiger partial charge in [0.25, 0.3) is 11.6 Å². The number of carbonyl (C=O) groups is 2. The molecular formula is C24H16Br2F7NO3. The molecule has 1 N–H and O–H groups in total. The lowest BCUT2D eigenvalue weighted by molar-refractivity contribution is -0.0889. The van der Waals surface area contributed by atoms with E-state index in [4.69, 9.17) is 4.74 Å². The summed E-state index contributed by atoms with van der Waals surface area (Å²) >= 11 is 5.93. The Labute approximate surface area is 223 Å². The fraction of sp³-hybridized carbons (Fsp3) is 0.167. The number of hydrogen-bond acceptors (Lipinski definition) is 4. The molecule has 0 aliphatic carbocycles. The van der Waals surface area contributed by atoms with Crippen molar-refractivity contribution in [2.24, 2.45) is 0 Å². The van der Waals surface area contributed by atoms with E-state index >= 15 is 0 Å². The van der Waals surface area contributed by atoms with Gasteiger partial charge >= 0.3 is 12.4 Å². The third-order valence-electron chi connectivity index (χ3n) is 4.56. The zero-order valence-corrected chi connectivity index (χ0v) is 21.8. The molecule has 0 amide bonds. The molecular weight excluding hydrogens is 643 g/mol. The predicted octanol–water partition coefficient (Wildman–Crippen LogP) is 8.15. The third kappa shape index (κ3) is 8.85. The number of ketones is 2. The highest BCUT2D eigenvalue weighted by atomic mass is 79.9. The van der Waals surface area contributed by atoms with E-state index in [0.29, 0.717) is 10.2 Å². The molecule has 0 bridgehead atoms. The first-order valence-electron chi connectivity index (χ1n) is 9.98. The van der Waals surface area contributed by atoms with Gasteiger partial charge in [0.05, 0.1) is 18.2 Å². The monoisotopic (exact) mass is 657 g/mol. The van der Waals surface area contributed by atoms with Crippen molar-refractivity contribution in [3.8, 4) is 5.75 Å². The lowest BCUT2D eigenvalue weighted by atomic mass is 10.1. The maximum Gasteiger partial charge on any atom is 0.454 e. The third-order valence-corrected chi connectivity index (χ3v) is 5.54. The molecule has 0 spiro atoms. The highest BCUT2D eigenvalue weighted by Gasteiger charge is 2.41. The first-order chi connectivity index (χ1) is 17.1. The number of halogens is 9. The molecule has 13 heteroatoms. The molecule has 0 radical (unpaired) electrons. The van der Waals surface area contributed by atoms with Crippen LogP contribution in [-0.2, 0) is 6.54 Å². The number of methoxy groups -OCH3 is 1. The lowest BCUT2D eigenvalue weighted by Crippen LogP contribution is -2.24. The molecule has 3 aromatic carbocycles. The standard InChI is InChI=1S/C16H13BrF3NO2.C8H3BrF4O/c1-23-12-5-2-10(3-6-12)9-21-14-7-4-11(17)8-13(14)15(22)16(18,19)20;9-4-1-2-6(10)5(3-4)7(14)8(11,12)13/h2-8,21H,9H2,1H3;1-3H. The average Bonchev–Trinajstić information content (AvgIpc) is 2.83. The molecule has 4 nitrogen and oxygen atoms in total. The van der Waals surface area contributed by atoms with Crippen molar-refractivity contribution in [1.82, 2.24) is 0 Å². The van der Waals surface area contributed by atoms with Gasteiger partial charge in [-0.3, -0.25) is 9.59 Å². The zero-order chi connectivity index (χ0) is 28.0. The number of Topliss-reactive ketones (excluding diaryl/α,β-unsaturated/α-hetero) is 2. The molecule has 0 aromatic heterocycles. The Balaban J connectivity index is 0.000000294. The summed E-state index contributed by atoms with van der Waals surface area (Å²) < 4.78 is 92.3. The average molecular weight is 659 g/mol. The van der Waals surface area contributed by atoms with Crippen LogP contribution in [0.1, 0.15) is 26.3 Å². The molecule has 3 rings (SSSR count). The summed E-state index contributed by atoms with van der Waals surface area (Å²) in [4.78, 5) is 22.2. The van der Waals surface area contributed by atoms with E-state index in [1.807, 2.05) is 0 Å². The molecule has 3 aromatic rings. The van der Waals surface area contributed by atoms with Crippen LogP contribution in [0.15, 0.2) is 69.6 Å². The van der Waals surface area contributed by atoms with Gasteiger partial charge in [-0.05, 0) is 54.1 Å². The smallest absolute Gasteiger partial charge is 0.454 e. The van der Waals surface area contributed by atoms with Gasteiger partial charge in [0, 0.05) is 21.2 Å². The van der Waals surface area contributed by atoms with Crippen LogP contribution in [0.2, 0.25) is 0 Å². The Hall–Kier alpha value is -2.93. The summed E-state index contributed by atoms with van der Waals surface area (Å²) in [5.74, 6) is -4.56. The van der Waals surface area contributed by atoms with Crippen molar-refractivity contribution in [3.63, 3.8) is 0 Å². The van der Waals surface area contributed by atoms with Crippen LogP contribution in [0.25, 0.3) is 0 Å². The second kappa shape index (κ2) is 12.5. The number of nitrogens with one attached hydrogen (secondary N) is 1. The number of benzene rings is 3.